The fourth-order valence-electron chi connectivity index (χ4n) is 6.44. The molecule has 0 bridgehead atoms. The van der Waals surface area contributed by atoms with Gasteiger partial charge in [0.1, 0.15) is 0 Å². The molecule has 24 heavy (non-hydrogen) atoms. The van der Waals surface area contributed by atoms with Crippen molar-refractivity contribution in [3.05, 3.63) is 35.4 Å². The molecule has 2 fully saturated rings. The van der Waals surface area contributed by atoms with Crippen LogP contribution < -0.4 is 0 Å². The lowest BCUT2D eigenvalue weighted by molar-refractivity contribution is -0.168. The Labute approximate surface area is 148 Å². The summed E-state index contributed by atoms with van der Waals surface area (Å²) in [7, 11) is 0. The molecule has 0 spiro atoms. The van der Waals surface area contributed by atoms with Crippen LogP contribution in [0.15, 0.2) is 24.3 Å². The average molecular weight is 329 g/mol. The molecule has 0 unspecified atom stereocenters. The highest BCUT2D eigenvalue weighted by molar-refractivity contribution is 5.22. The zero-order chi connectivity index (χ0) is 17.6. The van der Waals surface area contributed by atoms with Crippen LogP contribution in [0, 0.1) is 29.6 Å². The predicted octanol–water partition coefficient (Wildman–Crippen LogP) is 5.92. The number of hydrogen-bond acceptors (Lipinski definition) is 1. The van der Waals surface area contributed by atoms with Crippen LogP contribution in [0.25, 0.3) is 0 Å². The molecule has 0 radical (unpaired) electrons. The van der Waals surface area contributed by atoms with Crippen molar-refractivity contribution in [3.8, 4) is 0 Å². The Hall–Kier alpha value is -0.820. The van der Waals surface area contributed by atoms with Crippen molar-refractivity contribution < 1.29 is 5.11 Å². The molecule has 134 valence electrons. The number of aryl methyl sites for hydroxylation is 2. The maximum absolute atomic E-state index is 11.2. The second-order valence-electron chi connectivity index (χ2n) is 9.88. The highest BCUT2D eigenvalue weighted by Gasteiger charge is 2.57. The monoisotopic (exact) mass is 328 g/mol. The van der Waals surface area contributed by atoms with E-state index in [1.165, 1.54) is 36.8 Å². The first-order valence-electron chi connectivity index (χ1n) is 9.93. The highest BCUT2D eigenvalue weighted by atomic mass is 16.3. The minimum atomic E-state index is -0.511. The molecule has 1 aromatic carbocycles. The molecule has 0 aromatic heterocycles. The van der Waals surface area contributed by atoms with Crippen molar-refractivity contribution in [1.29, 1.82) is 0 Å². The van der Waals surface area contributed by atoms with E-state index in [1.54, 1.807) is 0 Å². The van der Waals surface area contributed by atoms with Crippen molar-refractivity contribution in [2.45, 2.75) is 85.2 Å². The largest absolute Gasteiger partial charge is 0.390 e. The molecule has 1 N–H and O–H groups in total. The van der Waals surface area contributed by atoms with Gasteiger partial charge in [-0.1, -0.05) is 57.0 Å². The Morgan fingerprint density at radius 3 is 2.54 bits per heavy atom. The predicted molar refractivity (Wildman–Crippen MR) is 102 cm³/mol. The Kier molecular flexibility index (Phi) is 4.62. The van der Waals surface area contributed by atoms with Crippen LogP contribution in [0.5, 0.6) is 0 Å². The minimum absolute atomic E-state index is 0.285. The lowest BCUT2D eigenvalue weighted by Gasteiger charge is -2.61. The van der Waals surface area contributed by atoms with Crippen LogP contribution >= 0.6 is 0 Å². The second kappa shape index (κ2) is 6.16. The molecule has 0 aliphatic heterocycles. The van der Waals surface area contributed by atoms with E-state index in [9.17, 15) is 5.11 Å². The third-order valence-electron chi connectivity index (χ3n) is 7.57. The maximum atomic E-state index is 11.2. The van der Waals surface area contributed by atoms with Crippen LogP contribution in [0.3, 0.4) is 0 Å². The molecular weight excluding hydrogens is 292 g/mol. The summed E-state index contributed by atoms with van der Waals surface area (Å²) in [6, 6.07) is 8.89. The molecule has 1 heteroatoms. The van der Waals surface area contributed by atoms with E-state index in [-0.39, 0.29) is 5.41 Å². The SMILES string of the molecule is Cc1cccc(CC[C@@H]2[C@@]3(C)CCCC(C)(C)[C@@H]3CC[C@]2(C)O)c1. The van der Waals surface area contributed by atoms with Gasteiger partial charge in [0.25, 0.3) is 0 Å². The van der Waals surface area contributed by atoms with E-state index >= 15 is 0 Å². The summed E-state index contributed by atoms with van der Waals surface area (Å²) >= 11 is 0. The van der Waals surface area contributed by atoms with E-state index < -0.39 is 5.60 Å². The highest BCUT2D eigenvalue weighted by Crippen LogP contribution is 2.62. The van der Waals surface area contributed by atoms with E-state index in [1.807, 2.05) is 0 Å². The number of rotatable bonds is 3. The van der Waals surface area contributed by atoms with Gasteiger partial charge in [0.15, 0.2) is 0 Å². The quantitative estimate of drug-likeness (QED) is 0.730. The van der Waals surface area contributed by atoms with Crippen molar-refractivity contribution in [2.24, 2.45) is 22.7 Å². The van der Waals surface area contributed by atoms with Crippen LogP contribution in [0.4, 0.5) is 0 Å². The fourth-order valence-corrected chi connectivity index (χ4v) is 6.44. The second-order valence-corrected chi connectivity index (χ2v) is 9.88. The Morgan fingerprint density at radius 1 is 1.08 bits per heavy atom. The van der Waals surface area contributed by atoms with Gasteiger partial charge in [-0.15, -0.1) is 0 Å². The van der Waals surface area contributed by atoms with Crippen LogP contribution in [-0.2, 0) is 6.42 Å². The normalized spacial score (nSPS) is 38.6. The van der Waals surface area contributed by atoms with Crippen molar-refractivity contribution >= 4 is 0 Å². The van der Waals surface area contributed by atoms with Gasteiger partial charge in [0.05, 0.1) is 5.60 Å². The third kappa shape index (κ3) is 3.17. The van der Waals surface area contributed by atoms with Crippen LogP contribution in [-0.4, -0.2) is 10.7 Å². The lowest BCUT2D eigenvalue weighted by atomic mass is 9.45. The molecular formula is C23H36O. The number of hydrogen-bond donors (Lipinski definition) is 1. The zero-order valence-corrected chi connectivity index (χ0v) is 16.4. The summed E-state index contributed by atoms with van der Waals surface area (Å²) in [5, 5.41) is 11.2. The van der Waals surface area contributed by atoms with E-state index in [2.05, 4.69) is 58.9 Å². The van der Waals surface area contributed by atoms with Gasteiger partial charge in [-0.2, -0.15) is 0 Å². The standard InChI is InChI=1S/C23H36O/c1-17-8-6-9-18(16-17)10-11-20-22(4)14-7-13-21(2,3)19(22)12-15-23(20,5)24/h6,8-9,16,19-20,24H,7,10-15H2,1-5H3/t19-,20+,22-,23-/m0/s1. The Balaban J connectivity index is 1.84. The van der Waals surface area contributed by atoms with E-state index in [0.717, 1.165) is 25.2 Å². The summed E-state index contributed by atoms with van der Waals surface area (Å²) in [4.78, 5) is 0. The van der Waals surface area contributed by atoms with Gasteiger partial charge in [-0.25, -0.2) is 0 Å². The molecule has 2 aliphatic carbocycles. The molecule has 0 amide bonds. The van der Waals surface area contributed by atoms with Crippen molar-refractivity contribution in [2.75, 3.05) is 0 Å². The average Bonchev–Trinajstić information content (AvgIpc) is 2.45. The smallest absolute Gasteiger partial charge is 0.0653 e. The van der Waals surface area contributed by atoms with E-state index in [4.69, 9.17) is 0 Å². The Morgan fingerprint density at radius 2 is 1.83 bits per heavy atom. The van der Waals surface area contributed by atoms with Gasteiger partial charge in [0.2, 0.25) is 0 Å². The molecule has 0 heterocycles. The van der Waals surface area contributed by atoms with Crippen molar-refractivity contribution in [3.63, 3.8) is 0 Å². The summed E-state index contributed by atoms with van der Waals surface area (Å²) < 4.78 is 0. The lowest BCUT2D eigenvalue weighted by Crippen LogP contribution is -2.57. The number of aliphatic hydroxyl groups is 1. The molecule has 4 atom stereocenters. The summed E-state index contributed by atoms with van der Waals surface area (Å²) in [5.74, 6) is 1.16. The topological polar surface area (TPSA) is 20.2 Å². The van der Waals surface area contributed by atoms with Gasteiger partial charge >= 0.3 is 0 Å². The summed E-state index contributed by atoms with van der Waals surface area (Å²) in [5.41, 5.74) is 2.96. The first-order chi connectivity index (χ1) is 11.2. The first kappa shape index (κ1) is 18.0. The fraction of sp³-hybridized carbons (Fsp3) is 0.739. The van der Waals surface area contributed by atoms with Gasteiger partial charge in [-0.3, -0.25) is 0 Å². The molecule has 1 nitrogen and oxygen atoms in total. The Bertz CT molecular complexity index is 585. The van der Waals surface area contributed by atoms with Gasteiger partial charge in [-0.05, 0) is 80.6 Å². The van der Waals surface area contributed by atoms with Gasteiger partial charge in [0, 0.05) is 0 Å². The summed E-state index contributed by atoms with van der Waals surface area (Å²) in [6.07, 6.45) is 8.31. The number of benzene rings is 1. The molecule has 2 saturated carbocycles. The van der Waals surface area contributed by atoms with Crippen molar-refractivity contribution in [1.82, 2.24) is 0 Å². The molecule has 0 saturated heterocycles. The third-order valence-corrected chi connectivity index (χ3v) is 7.57. The summed E-state index contributed by atoms with van der Waals surface area (Å²) in [6.45, 7) is 11.7. The number of fused-ring (bicyclic) bond motifs is 1. The van der Waals surface area contributed by atoms with Gasteiger partial charge < -0.3 is 5.11 Å². The molecule has 2 aliphatic rings. The van der Waals surface area contributed by atoms with Crippen LogP contribution in [0.2, 0.25) is 0 Å². The zero-order valence-electron chi connectivity index (χ0n) is 16.4. The minimum Gasteiger partial charge on any atom is -0.390 e. The molecule has 1 aromatic rings. The maximum Gasteiger partial charge on any atom is 0.0653 e. The van der Waals surface area contributed by atoms with Crippen LogP contribution in [0.1, 0.15) is 77.3 Å². The first-order valence-corrected chi connectivity index (χ1v) is 9.93. The molecule has 3 rings (SSSR count). The van der Waals surface area contributed by atoms with E-state index in [0.29, 0.717) is 11.3 Å².